The number of benzene rings is 2. The zero-order valence-electron chi connectivity index (χ0n) is 13.4. The summed E-state index contributed by atoms with van der Waals surface area (Å²) in [5, 5.41) is 3.38. The van der Waals surface area contributed by atoms with Gasteiger partial charge in [0, 0.05) is 27.2 Å². The van der Waals surface area contributed by atoms with E-state index in [4.69, 9.17) is 4.74 Å². The van der Waals surface area contributed by atoms with Gasteiger partial charge < -0.3 is 15.0 Å². The van der Waals surface area contributed by atoms with Crippen molar-refractivity contribution in [3.05, 3.63) is 65.7 Å². The first-order chi connectivity index (χ1) is 10.7. The molecule has 116 valence electrons. The molecule has 0 saturated carbocycles. The molecule has 1 N–H and O–H groups in total. The molecule has 0 aromatic heterocycles. The lowest BCUT2D eigenvalue weighted by Gasteiger charge is -2.22. The molecule has 22 heavy (non-hydrogen) atoms. The minimum atomic E-state index is 0.711. The number of hydrogen-bond acceptors (Lipinski definition) is 2. The fourth-order valence-corrected chi connectivity index (χ4v) is 2.28. The molecule has 2 rings (SSSR count). The van der Waals surface area contributed by atoms with Gasteiger partial charge in [0.05, 0.1) is 7.11 Å². The Hall–Kier alpha value is -2.49. The zero-order valence-corrected chi connectivity index (χ0v) is 13.4. The van der Waals surface area contributed by atoms with Gasteiger partial charge >= 0.3 is 0 Å². The molecular weight excluding hydrogens is 274 g/mol. The molecule has 0 aliphatic rings. The Labute approximate surface area is 132 Å². The maximum atomic E-state index is 5.25. The van der Waals surface area contributed by atoms with Crippen LogP contribution < -0.4 is 10.1 Å². The number of aliphatic imine (C=N–C) groups is 1. The van der Waals surface area contributed by atoms with Crippen molar-refractivity contribution in [1.82, 2.24) is 10.2 Å². The number of nitrogens with zero attached hydrogens (tertiary/aromatic N) is 2. The van der Waals surface area contributed by atoms with E-state index in [1.54, 1.807) is 14.2 Å². The molecule has 0 bridgehead atoms. The Morgan fingerprint density at radius 2 is 1.82 bits per heavy atom. The molecule has 0 heterocycles. The molecule has 0 unspecified atom stereocenters. The molecule has 0 spiro atoms. The van der Waals surface area contributed by atoms with E-state index >= 15 is 0 Å². The monoisotopic (exact) mass is 297 g/mol. The first-order valence-corrected chi connectivity index (χ1v) is 7.31. The highest BCUT2D eigenvalue weighted by Gasteiger charge is 2.06. The Morgan fingerprint density at radius 1 is 1.09 bits per heavy atom. The molecule has 0 aliphatic carbocycles. The van der Waals surface area contributed by atoms with Crippen molar-refractivity contribution in [2.45, 2.75) is 13.1 Å². The minimum Gasteiger partial charge on any atom is -0.497 e. The van der Waals surface area contributed by atoms with Gasteiger partial charge in [-0.1, -0.05) is 42.5 Å². The topological polar surface area (TPSA) is 36.9 Å². The number of methoxy groups -OCH3 is 1. The van der Waals surface area contributed by atoms with E-state index in [0.717, 1.165) is 23.8 Å². The normalized spacial score (nSPS) is 11.1. The fraction of sp³-hybridized carbons (Fsp3) is 0.278. The highest BCUT2D eigenvalue weighted by atomic mass is 16.5. The molecule has 0 amide bonds. The van der Waals surface area contributed by atoms with Crippen LogP contribution in [0.25, 0.3) is 0 Å². The molecule has 0 atom stereocenters. The van der Waals surface area contributed by atoms with Gasteiger partial charge in [0.25, 0.3) is 0 Å². The summed E-state index contributed by atoms with van der Waals surface area (Å²) < 4.78 is 5.25. The molecule has 2 aromatic carbocycles. The molecule has 0 radical (unpaired) electrons. The number of rotatable bonds is 5. The minimum absolute atomic E-state index is 0.711. The standard InChI is InChI=1S/C18H23N3O/c1-19-18(21(2)14-15-8-5-4-6-9-15)20-13-16-10-7-11-17(12-16)22-3/h4-12H,13-14H2,1-3H3,(H,19,20). The van der Waals surface area contributed by atoms with Crippen molar-refractivity contribution < 1.29 is 4.74 Å². The van der Waals surface area contributed by atoms with Crippen LogP contribution in [0.15, 0.2) is 59.6 Å². The lowest BCUT2D eigenvalue weighted by atomic mass is 10.2. The van der Waals surface area contributed by atoms with Crippen LogP contribution in [-0.2, 0) is 13.1 Å². The number of hydrogen-bond donors (Lipinski definition) is 1. The average Bonchev–Trinajstić information content (AvgIpc) is 2.56. The highest BCUT2D eigenvalue weighted by molar-refractivity contribution is 5.79. The number of ether oxygens (including phenoxy) is 1. The van der Waals surface area contributed by atoms with Crippen LogP contribution in [0.4, 0.5) is 0 Å². The van der Waals surface area contributed by atoms with E-state index in [2.05, 4.69) is 45.5 Å². The van der Waals surface area contributed by atoms with Crippen LogP contribution in [-0.4, -0.2) is 32.1 Å². The smallest absolute Gasteiger partial charge is 0.193 e. The van der Waals surface area contributed by atoms with Crippen LogP contribution in [0.5, 0.6) is 5.75 Å². The van der Waals surface area contributed by atoms with Crippen molar-refractivity contribution in [3.63, 3.8) is 0 Å². The van der Waals surface area contributed by atoms with Crippen molar-refractivity contribution in [1.29, 1.82) is 0 Å². The summed E-state index contributed by atoms with van der Waals surface area (Å²) in [7, 11) is 5.52. The lowest BCUT2D eigenvalue weighted by Crippen LogP contribution is -2.38. The zero-order chi connectivity index (χ0) is 15.8. The summed E-state index contributed by atoms with van der Waals surface area (Å²) in [6.45, 7) is 1.53. The Balaban J connectivity index is 1.94. The molecule has 4 nitrogen and oxygen atoms in total. The predicted octanol–water partition coefficient (Wildman–Crippen LogP) is 2.90. The van der Waals surface area contributed by atoms with Crippen LogP contribution in [0.1, 0.15) is 11.1 Å². The van der Waals surface area contributed by atoms with E-state index in [9.17, 15) is 0 Å². The third kappa shape index (κ3) is 4.52. The van der Waals surface area contributed by atoms with E-state index < -0.39 is 0 Å². The van der Waals surface area contributed by atoms with Crippen molar-refractivity contribution >= 4 is 5.96 Å². The molecular formula is C18H23N3O. The van der Waals surface area contributed by atoms with Gasteiger partial charge in [0.2, 0.25) is 0 Å². The van der Waals surface area contributed by atoms with Crippen LogP contribution in [0.3, 0.4) is 0 Å². The second-order valence-corrected chi connectivity index (χ2v) is 5.09. The fourth-order valence-electron chi connectivity index (χ4n) is 2.28. The Bertz CT molecular complexity index is 611. The van der Waals surface area contributed by atoms with Crippen molar-refractivity contribution in [3.8, 4) is 5.75 Å². The first kappa shape index (κ1) is 15.9. The van der Waals surface area contributed by atoms with Gasteiger partial charge in [-0.3, -0.25) is 4.99 Å². The maximum Gasteiger partial charge on any atom is 0.193 e. The third-order valence-corrected chi connectivity index (χ3v) is 3.42. The molecule has 0 fully saturated rings. The average molecular weight is 297 g/mol. The van der Waals surface area contributed by atoms with Crippen LogP contribution in [0, 0.1) is 0 Å². The van der Waals surface area contributed by atoms with Crippen LogP contribution >= 0.6 is 0 Å². The Kier molecular flexibility index (Phi) is 5.83. The van der Waals surface area contributed by atoms with Gasteiger partial charge in [-0.05, 0) is 23.3 Å². The molecule has 4 heteroatoms. The summed E-state index contributed by atoms with van der Waals surface area (Å²) in [5.74, 6) is 1.73. The summed E-state index contributed by atoms with van der Waals surface area (Å²) in [6, 6.07) is 18.4. The number of nitrogens with one attached hydrogen (secondary N) is 1. The van der Waals surface area contributed by atoms with Gasteiger partial charge in [-0.25, -0.2) is 0 Å². The van der Waals surface area contributed by atoms with Gasteiger partial charge in [0.15, 0.2) is 5.96 Å². The molecule has 0 aliphatic heterocycles. The summed E-state index contributed by atoms with van der Waals surface area (Å²) in [4.78, 5) is 6.45. The second kappa shape index (κ2) is 8.08. The van der Waals surface area contributed by atoms with Crippen molar-refractivity contribution in [2.24, 2.45) is 4.99 Å². The first-order valence-electron chi connectivity index (χ1n) is 7.31. The highest BCUT2D eigenvalue weighted by Crippen LogP contribution is 2.12. The third-order valence-electron chi connectivity index (χ3n) is 3.42. The Morgan fingerprint density at radius 3 is 2.50 bits per heavy atom. The summed E-state index contributed by atoms with van der Waals surface area (Å²) in [5.41, 5.74) is 2.42. The van der Waals surface area contributed by atoms with E-state index in [-0.39, 0.29) is 0 Å². The van der Waals surface area contributed by atoms with E-state index in [0.29, 0.717) is 6.54 Å². The summed E-state index contributed by atoms with van der Waals surface area (Å²) in [6.07, 6.45) is 0. The summed E-state index contributed by atoms with van der Waals surface area (Å²) >= 11 is 0. The van der Waals surface area contributed by atoms with E-state index in [1.165, 1.54) is 5.56 Å². The lowest BCUT2D eigenvalue weighted by molar-refractivity contribution is 0.414. The largest absolute Gasteiger partial charge is 0.497 e. The van der Waals surface area contributed by atoms with Crippen molar-refractivity contribution in [2.75, 3.05) is 21.2 Å². The molecule has 2 aromatic rings. The van der Waals surface area contributed by atoms with Gasteiger partial charge in [0.1, 0.15) is 5.75 Å². The number of guanidine groups is 1. The quantitative estimate of drug-likeness (QED) is 0.681. The molecule has 0 saturated heterocycles. The second-order valence-electron chi connectivity index (χ2n) is 5.09. The predicted molar refractivity (Wildman–Crippen MR) is 91.1 cm³/mol. The van der Waals surface area contributed by atoms with Gasteiger partial charge in [-0.15, -0.1) is 0 Å². The SMILES string of the molecule is CN=C(NCc1cccc(OC)c1)N(C)Cc1ccccc1. The van der Waals surface area contributed by atoms with Gasteiger partial charge in [-0.2, -0.15) is 0 Å². The van der Waals surface area contributed by atoms with Crippen LogP contribution in [0.2, 0.25) is 0 Å². The van der Waals surface area contributed by atoms with E-state index in [1.807, 2.05) is 31.3 Å². The maximum absolute atomic E-state index is 5.25.